The van der Waals surface area contributed by atoms with E-state index in [4.69, 9.17) is 23.7 Å². The lowest BCUT2D eigenvalue weighted by atomic mass is 9.77. The van der Waals surface area contributed by atoms with Crippen molar-refractivity contribution in [2.75, 3.05) is 65.2 Å². The molecule has 1 fully saturated rings. The number of carbonyl (C=O) groups is 1. The molecule has 0 unspecified atom stereocenters. The summed E-state index contributed by atoms with van der Waals surface area (Å²) in [5.41, 5.74) is 3.75. The van der Waals surface area contributed by atoms with Crippen LogP contribution in [0.25, 0.3) is 0 Å². The Morgan fingerprint density at radius 2 is 1.65 bits per heavy atom. The third-order valence-electron chi connectivity index (χ3n) is 10.0. The van der Waals surface area contributed by atoms with Gasteiger partial charge in [-0.15, -0.1) is 0 Å². The van der Waals surface area contributed by atoms with Gasteiger partial charge in [0.25, 0.3) is 0 Å². The quantitative estimate of drug-likeness (QED) is 0.155. The summed E-state index contributed by atoms with van der Waals surface area (Å²) in [6, 6.07) is 20.4. The van der Waals surface area contributed by atoms with Crippen LogP contribution < -0.4 is 9.64 Å². The summed E-state index contributed by atoms with van der Waals surface area (Å²) in [5, 5.41) is 10.1. The van der Waals surface area contributed by atoms with Crippen LogP contribution in [0.2, 0.25) is 0 Å². The van der Waals surface area contributed by atoms with E-state index in [1.54, 1.807) is 52.3 Å². The molecule has 3 aromatic rings. The number of methoxy groups -OCH3 is 2. The van der Waals surface area contributed by atoms with Crippen LogP contribution in [0.1, 0.15) is 61.3 Å². The predicted molar refractivity (Wildman–Crippen MR) is 199 cm³/mol. The van der Waals surface area contributed by atoms with Crippen LogP contribution >= 0.6 is 0 Å². The van der Waals surface area contributed by atoms with E-state index < -0.39 is 33.6 Å². The minimum Gasteiger partial charge on any atom is -0.490 e. The molecule has 0 radical (unpaired) electrons. The van der Waals surface area contributed by atoms with Crippen molar-refractivity contribution in [2.45, 2.75) is 76.2 Å². The Balaban J connectivity index is 1.46. The highest BCUT2D eigenvalue weighted by Crippen LogP contribution is 2.41. The summed E-state index contributed by atoms with van der Waals surface area (Å²) in [7, 11) is -0.658. The van der Waals surface area contributed by atoms with Gasteiger partial charge in [0.05, 0.1) is 55.1 Å². The van der Waals surface area contributed by atoms with Gasteiger partial charge in [0.2, 0.25) is 10.0 Å². The van der Waals surface area contributed by atoms with Gasteiger partial charge in [0, 0.05) is 45.9 Å². The number of aliphatic carboxylic acids is 1. The Kier molecular flexibility index (Phi) is 13.7. The molecule has 1 saturated heterocycles. The van der Waals surface area contributed by atoms with Crippen molar-refractivity contribution < 1.29 is 42.0 Å². The minimum absolute atomic E-state index is 0.0698. The molecule has 0 saturated carbocycles. The maximum atomic E-state index is 14.4. The molecule has 3 aromatic carbocycles. The third kappa shape index (κ3) is 9.91. The summed E-state index contributed by atoms with van der Waals surface area (Å²) in [4.78, 5) is 14.8. The largest absolute Gasteiger partial charge is 0.490 e. The first-order valence-corrected chi connectivity index (χ1v) is 19.5. The summed E-state index contributed by atoms with van der Waals surface area (Å²) >= 11 is 0. The highest BCUT2D eigenvalue weighted by Gasteiger charge is 2.46. The predicted octanol–water partition coefficient (Wildman–Crippen LogP) is 6.03. The topological polar surface area (TPSA) is 124 Å². The van der Waals surface area contributed by atoms with E-state index in [9.17, 15) is 18.3 Å². The van der Waals surface area contributed by atoms with Crippen LogP contribution in [0.4, 0.5) is 5.69 Å². The third-order valence-corrected chi connectivity index (χ3v) is 12.0. The second kappa shape index (κ2) is 18.0. The number of fused-ring (bicyclic) bond motifs is 1. The molecule has 284 valence electrons. The fourth-order valence-electron chi connectivity index (χ4n) is 6.97. The van der Waals surface area contributed by atoms with Crippen molar-refractivity contribution in [3.8, 4) is 5.75 Å². The van der Waals surface area contributed by atoms with Crippen LogP contribution in [0.15, 0.2) is 71.6 Å². The van der Waals surface area contributed by atoms with E-state index in [1.807, 2.05) is 43.3 Å². The van der Waals surface area contributed by atoms with Gasteiger partial charge in [-0.3, -0.25) is 4.79 Å². The maximum Gasteiger partial charge on any atom is 0.309 e. The lowest BCUT2D eigenvalue weighted by Crippen LogP contribution is -2.53. The lowest BCUT2D eigenvalue weighted by molar-refractivity contribution is -0.148. The summed E-state index contributed by atoms with van der Waals surface area (Å²) < 4.78 is 59.1. The first kappa shape index (κ1) is 39.7. The first-order chi connectivity index (χ1) is 24.9. The van der Waals surface area contributed by atoms with Gasteiger partial charge in [-0.2, -0.15) is 4.31 Å². The van der Waals surface area contributed by atoms with E-state index in [-0.39, 0.29) is 30.4 Å². The zero-order chi connectivity index (χ0) is 37.3. The monoisotopic (exact) mass is 738 g/mol. The summed E-state index contributed by atoms with van der Waals surface area (Å²) in [5.74, 6) is -0.344. The van der Waals surface area contributed by atoms with Gasteiger partial charge < -0.3 is 33.7 Å². The molecule has 0 amide bonds. The van der Waals surface area contributed by atoms with Gasteiger partial charge in [-0.1, -0.05) is 48.0 Å². The second-order valence-corrected chi connectivity index (χ2v) is 16.3. The Hall–Kier alpha value is -3.52. The number of benzene rings is 3. The number of carboxylic acids is 1. The number of piperidine rings is 1. The van der Waals surface area contributed by atoms with E-state index in [0.29, 0.717) is 39.5 Å². The van der Waals surface area contributed by atoms with Crippen molar-refractivity contribution in [1.82, 2.24) is 4.31 Å². The maximum absolute atomic E-state index is 14.4. The van der Waals surface area contributed by atoms with Gasteiger partial charge in [-0.25, -0.2) is 8.42 Å². The molecular formula is C40H54N2O9S. The van der Waals surface area contributed by atoms with Crippen LogP contribution in [0.3, 0.4) is 0 Å². The van der Waals surface area contributed by atoms with Gasteiger partial charge in [0.15, 0.2) is 0 Å². The van der Waals surface area contributed by atoms with E-state index >= 15 is 0 Å². The van der Waals surface area contributed by atoms with Crippen molar-refractivity contribution in [1.29, 1.82) is 0 Å². The van der Waals surface area contributed by atoms with Crippen molar-refractivity contribution in [3.63, 3.8) is 0 Å². The molecule has 0 bridgehead atoms. The number of hydrogen-bond donors (Lipinski definition) is 1. The summed E-state index contributed by atoms with van der Waals surface area (Å²) in [6.07, 6.45) is 0.912. The average Bonchev–Trinajstić information content (AvgIpc) is 3.13. The molecule has 0 aromatic heterocycles. The average molecular weight is 739 g/mol. The SMILES string of the molecule is COCCCN1CCOc2ccc(CO[C@H]3CN(S(=O)(=O)c4ccc(C)cc4)[C@@H](CC(C)(C)C(=O)O)C[C@@H]3c3ccc(COCCOC)cc3)cc21. The molecule has 12 heteroatoms. The van der Waals surface area contributed by atoms with E-state index in [1.165, 1.54) is 4.31 Å². The number of hydrogen-bond acceptors (Lipinski definition) is 9. The Morgan fingerprint density at radius 1 is 0.942 bits per heavy atom. The fourth-order valence-corrected chi connectivity index (χ4v) is 8.62. The number of sulfonamides is 1. The molecule has 1 N–H and O–H groups in total. The molecule has 0 spiro atoms. The number of aryl methyl sites for hydroxylation is 1. The van der Waals surface area contributed by atoms with E-state index in [0.717, 1.165) is 53.2 Å². The Bertz CT molecular complexity index is 1710. The normalized spacial score (nSPS) is 19.6. The number of ether oxygens (including phenoxy) is 5. The van der Waals surface area contributed by atoms with Crippen LogP contribution in [0.5, 0.6) is 5.75 Å². The van der Waals surface area contributed by atoms with Gasteiger partial charge >= 0.3 is 5.97 Å². The standard InChI is InChI=1S/C40H54N2O9S/c1-29-7-14-34(15-8-29)52(45,46)42-26-38(51-28-31-11-16-37-36(23-31)41(18-20-50-37)17-6-19-47-4)35(24-33(42)25-40(2,3)39(43)44)32-12-9-30(10-13-32)27-49-22-21-48-5/h7-16,23,33,35,38H,6,17-22,24-28H2,1-5H3,(H,43,44)/t33-,35-,38+/m1/s1. The highest BCUT2D eigenvalue weighted by molar-refractivity contribution is 7.89. The lowest BCUT2D eigenvalue weighted by Gasteiger charge is -2.45. The first-order valence-electron chi connectivity index (χ1n) is 18.0. The van der Waals surface area contributed by atoms with Crippen LogP contribution in [-0.2, 0) is 47.0 Å². The number of carboxylic acid groups (broad SMARTS) is 1. The van der Waals surface area contributed by atoms with E-state index in [2.05, 4.69) is 11.0 Å². The van der Waals surface area contributed by atoms with Crippen molar-refractivity contribution >= 4 is 21.7 Å². The molecular weight excluding hydrogens is 685 g/mol. The number of rotatable bonds is 18. The molecule has 3 atom stereocenters. The minimum atomic E-state index is -4.00. The smallest absolute Gasteiger partial charge is 0.309 e. The molecule has 2 aliphatic heterocycles. The van der Waals surface area contributed by atoms with Crippen molar-refractivity contribution in [2.24, 2.45) is 5.41 Å². The molecule has 52 heavy (non-hydrogen) atoms. The molecule has 11 nitrogen and oxygen atoms in total. The van der Waals surface area contributed by atoms with Gasteiger partial charge in [-0.05, 0) is 81.0 Å². The molecule has 0 aliphatic carbocycles. The van der Waals surface area contributed by atoms with Gasteiger partial charge in [0.1, 0.15) is 12.4 Å². The van der Waals surface area contributed by atoms with Crippen molar-refractivity contribution in [3.05, 3.63) is 89.0 Å². The zero-order valence-electron chi connectivity index (χ0n) is 31.1. The van der Waals surface area contributed by atoms with Crippen LogP contribution in [-0.4, -0.2) is 96.2 Å². The number of nitrogens with zero attached hydrogens (tertiary/aromatic N) is 2. The molecule has 5 rings (SSSR count). The zero-order valence-corrected chi connectivity index (χ0v) is 31.9. The molecule has 2 heterocycles. The fraction of sp³-hybridized carbons (Fsp3) is 0.525. The second-order valence-electron chi connectivity index (χ2n) is 14.4. The Labute approximate surface area is 308 Å². The van der Waals surface area contributed by atoms with Crippen LogP contribution in [0, 0.1) is 12.3 Å². The Morgan fingerprint density at radius 3 is 2.35 bits per heavy atom. The molecule has 2 aliphatic rings. The highest BCUT2D eigenvalue weighted by atomic mass is 32.2. The summed E-state index contributed by atoms with van der Waals surface area (Å²) in [6.45, 7) is 9.89. The number of anilines is 1.